The first kappa shape index (κ1) is 23.4. The smallest absolute Gasteiger partial charge is 0.407 e. The highest BCUT2D eigenvalue weighted by molar-refractivity contribution is 5.89. The lowest BCUT2D eigenvalue weighted by Gasteiger charge is -2.28. The van der Waals surface area contributed by atoms with Crippen LogP contribution in [0.1, 0.15) is 48.4 Å². The highest BCUT2D eigenvalue weighted by atomic mass is 16.6. The van der Waals surface area contributed by atoms with E-state index in [1.54, 1.807) is 18.2 Å². The van der Waals surface area contributed by atoms with Crippen molar-refractivity contribution in [3.05, 3.63) is 71.3 Å². The second-order valence-corrected chi connectivity index (χ2v) is 7.80. The van der Waals surface area contributed by atoms with Crippen LogP contribution in [0.4, 0.5) is 4.79 Å². The molecule has 0 aliphatic heterocycles. The summed E-state index contributed by atoms with van der Waals surface area (Å²) >= 11 is 0. The molecule has 2 atom stereocenters. The topological polar surface area (TPSA) is 94.1 Å². The fourth-order valence-electron chi connectivity index (χ4n) is 2.67. The molecule has 0 aliphatic carbocycles. The maximum Gasteiger partial charge on any atom is 0.407 e. The summed E-state index contributed by atoms with van der Waals surface area (Å²) in [5.74, 6) is -0.512. The molecule has 0 bridgehead atoms. The van der Waals surface area contributed by atoms with Crippen molar-refractivity contribution in [2.45, 2.75) is 45.1 Å². The van der Waals surface area contributed by atoms with E-state index in [4.69, 9.17) is 14.2 Å². The van der Waals surface area contributed by atoms with Gasteiger partial charge in [0.1, 0.15) is 12.7 Å². The van der Waals surface area contributed by atoms with Crippen LogP contribution in [0.2, 0.25) is 0 Å². The summed E-state index contributed by atoms with van der Waals surface area (Å²) in [6.45, 7) is 5.78. The van der Waals surface area contributed by atoms with Crippen LogP contribution in [-0.4, -0.2) is 42.5 Å². The quantitative estimate of drug-likeness (QED) is 0.640. The Balaban J connectivity index is 2.11. The maximum absolute atomic E-state index is 12.3. The molecule has 1 amide bonds. The average Bonchev–Trinajstić information content (AvgIpc) is 2.74. The van der Waals surface area contributed by atoms with Crippen LogP contribution in [0.15, 0.2) is 54.6 Å². The molecule has 0 unspecified atom stereocenters. The summed E-state index contributed by atoms with van der Waals surface area (Å²) in [4.78, 5) is 24.1. The van der Waals surface area contributed by atoms with E-state index in [0.717, 1.165) is 5.56 Å². The van der Waals surface area contributed by atoms with Crippen molar-refractivity contribution in [3.63, 3.8) is 0 Å². The van der Waals surface area contributed by atoms with Gasteiger partial charge in [0, 0.05) is 0 Å². The van der Waals surface area contributed by atoms with Crippen molar-refractivity contribution in [2.24, 2.45) is 0 Å². The Kier molecular flexibility index (Phi) is 8.38. The van der Waals surface area contributed by atoms with Crippen molar-refractivity contribution >= 4 is 12.1 Å². The molecule has 2 rings (SSSR count). The first-order valence-electron chi connectivity index (χ1n) is 9.67. The number of ether oxygens (including phenoxy) is 3. The van der Waals surface area contributed by atoms with Gasteiger partial charge in [0.2, 0.25) is 0 Å². The Morgan fingerprint density at radius 3 is 2.40 bits per heavy atom. The van der Waals surface area contributed by atoms with E-state index in [0.29, 0.717) is 11.1 Å². The highest BCUT2D eigenvalue weighted by Crippen LogP contribution is 2.21. The van der Waals surface area contributed by atoms with Gasteiger partial charge in [-0.25, -0.2) is 9.59 Å². The molecule has 0 aliphatic rings. The summed E-state index contributed by atoms with van der Waals surface area (Å²) in [6, 6.07) is 14.9. The van der Waals surface area contributed by atoms with Gasteiger partial charge in [0.05, 0.1) is 30.9 Å². The monoisotopic (exact) mass is 415 g/mol. The van der Waals surface area contributed by atoms with Crippen molar-refractivity contribution in [2.75, 3.05) is 13.7 Å². The highest BCUT2D eigenvalue weighted by Gasteiger charge is 2.26. The van der Waals surface area contributed by atoms with Crippen LogP contribution in [0, 0.1) is 0 Å². The predicted molar refractivity (Wildman–Crippen MR) is 112 cm³/mol. The number of aliphatic hydroxyl groups is 1. The molecule has 30 heavy (non-hydrogen) atoms. The zero-order valence-electron chi connectivity index (χ0n) is 17.8. The van der Waals surface area contributed by atoms with Crippen LogP contribution >= 0.6 is 0 Å². The SMILES string of the molecule is COC(=O)c1cccc([C@@H](O)[C@H](COC(C)(C)C)NC(=O)OCc2ccccc2)c1. The number of methoxy groups -OCH3 is 1. The van der Waals surface area contributed by atoms with Gasteiger partial charge in [0.25, 0.3) is 0 Å². The number of esters is 1. The third kappa shape index (κ3) is 7.50. The third-order valence-corrected chi connectivity index (χ3v) is 4.24. The van der Waals surface area contributed by atoms with Gasteiger partial charge in [-0.05, 0) is 44.0 Å². The van der Waals surface area contributed by atoms with E-state index in [1.165, 1.54) is 13.2 Å². The molecule has 0 saturated carbocycles. The Morgan fingerprint density at radius 2 is 1.77 bits per heavy atom. The number of carbonyl (C=O) groups excluding carboxylic acids is 2. The Bertz CT molecular complexity index is 831. The Hall–Kier alpha value is -2.90. The van der Waals surface area contributed by atoms with Gasteiger partial charge in [0.15, 0.2) is 0 Å². The van der Waals surface area contributed by atoms with Gasteiger partial charge in [-0.1, -0.05) is 42.5 Å². The molecule has 0 fully saturated rings. The lowest BCUT2D eigenvalue weighted by atomic mass is 10.0. The summed E-state index contributed by atoms with van der Waals surface area (Å²) in [5, 5.41) is 13.6. The van der Waals surface area contributed by atoms with E-state index in [1.807, 2.05) is 51.1 Å². The zero-order chi connectivity index (χ0) is 22.1. The third-order valence-electron chi connectivity index (χ3n) is 4.24. The van der Waals surface area contributed by atoms with E-state index < -0.39 is 29.8 Å². The van der Waals surface area contributed by atoms with E-state index in [2.05, 4.69) is 5.32 Å². The fourth-order valence-corrected chi connectivity index (χ4v) is 2.67. The molecule has 0 aromatic heterocycles. The second-order valence-electron chi connectivity index (χ2n) is 7.80. The Labute approximate surface area is 177 Å². The van der Waals surface area contributed by atoms with Crippen molar-refractivity contribution < 1.29 is 28.9 Å². The summed E-state index contributed by atoms with van der Waals surface area (Å²) < 4.78 is 15.8. The normalized spacial score (nSPS) is 13.2. The number of hydrogen-bond acceptors (Lipinski definition) is 6. The molecular weight excluding hydrogens is 386 g/mol. The van der Waals surface area contributed by atoms with Crippen LogP contribution in [0.5, 0.6) is 0 Å². The maximum atomic E-state index is 12.3. The van der Waals surface area contributed by atoms with Crippen LogP contribution in [0.3, 0.4) is 0 Å². The van der Waals surface area contributed by atoms with E-state index >= 15 is 0 Å². The number of hydrogen-bond donors (Lipinski definition) is 2. The number of alkyl carbamates (subject to hydrolysis) is 1. The minimum Gasteiger partial charge on any atom is -0.465 e. The largest absolute Gasteiger partial charge is 0.465 e. The Morgan fingerprint density at radius 1 is 1.07 bits per heavy atom. The first-order chi connectivity index (χ1) is 14.2. The molecule has 0 saturated heterocycles. The minimum atomic E-state index is -1.12. The molecule has 2 aromatic rings. The van der Waals surface area contributed by atoms with Gasteiger partial charge < -0.3 is 24.6 Å². The molecule has 2 N–H and O–H groups in total. The lowest BCUT2D eigenvalue weighted by molar-refractivity contribution is -0.0354. The van der Waals surface area contributed by atoms with Crippen molar-refractivity contribution in [1.82, 2.24) is 5.32 Å². The number of benzene rings is 2. The summed E-state index contributed by atoms with van der Waals surface area (Å²) in [7, 11) is 1.29. The van der Waals surface area contributed by atoms with Crippen LogP contribution in [-0.2, 0) is 20.8 Å². The molecule has 0 spiro atoms. The van der Waals surface area contributed by atoms with Gasteiger partial charge in [-0.15, -0.1) is 0 Å². The minimum absolute atomic E-state index is 0.0492. The molecule has 0 heterocycles. The number of rotatable bonds is 8. The van der Waals surface area contributed by atoms with Gasteiger partial charge >= 0.3 is 12.1 Å². The number of nitrogens with one attached hydrogen (secondary N) is 1. The predicted octanol–water partition coefficient (Wildman–Crippen LogP) is 3.62. The number of carbonyl (C=O) groups is 2. The second kappa shape index (κ2) is 10.8. The van der Waals surface area contributed by atoms with E-state index in [-0.39, 0.29) is 13.2 Å². The fraction of sp³-hybridized carbons (Fsp3) is 0.391. The summed E-state index contributed by atoms with van der Waals surface area (Å²) in [6.07, 6.45) is -1.80. The zero-order valence-corrected chi connectivity index (χ0v) is 17.8. The molecule has 0 radical (unpaired) electrons. The number of amides is 1. The van der Waals surface area contributed by atoms with Crippen molar-refractivity contribution in [3.8, 4) is 0 Å². The van der Waals surface area contributed by atoms with Crippen LogP contribution < -0.4 is 5.32 Å². The molecule has 162 valence electrons. The van der Waals surface area contributed by atoms with Crippen molar-refractivity contribution in [1.29, 1.82) is 0 Å². The molecule has 7 heteroatoms. The lowest BCUT2D eigenvalue weighted by Crippen LogP contribution is -2.44. The first-order valence-corrected chi connectivity index (χ1v) is 9.67. The molecule has 7 nitrogen and oxygen atoms in total. The average molecular weight is 415 g/mol. The molecular formula is C23H29NO6. The van der Waals surface area contributed by atoms with Gasteiger partial charge in [-0.2, -0.15) is 0 Å². The van der Waals surface area contributed by atoms with E-state index in [9.17, 15) is 14.7 Å². The number of aliphatic hydroxyl groups excluding tert-OH is 1. The molecule has 2 aromatic carbocycles. The summed E-state index contributed by atoms with van der Waals surface area (Å²) in [5.41, 5.74) is 1.13. The van der Waals surface area contributed by atoms with Crippen LogP contribution in [0.25, 0.3) is 0 Å². The standard InChI is InChI=1S/C23H29NO6/c1-23(2,3)30-15-19(24-22(27)29-14-16-9-6-5-7-10-16)20(25)17-11-8-12-18(13-17)21(26)28-4/h5-13,19-20,25H,14-15H2,1-4H3,(H,24,27)/t19-,20+/m0/s1. The van der Waals surface area contributed by atoms with Gasteiger partial charge in [-0.3, -0.25) is 0 Å².